The summed E-state index contributed by atoms with van der Waals surface area (Å²) in [5, 5.41) is 8.54. The fourth-order valence-corrected chi connectivity index (χ4v) is 11.0. The normalized spacial score (nSPS) is 23.5. The number of allylic oxidation sites excluding steroid dienone is 1. The minimum atomic E-state index is -0.299. The van der Waals surface area contributed by atoms with Crippen LogP contribution in [0.4, 0.5) is 0 Å². The molecule has 3 aliphatic rings. The first-order chi connectivity index (χ1) is 21.9. The van der Waals surface area contributed by atoms with Crippen LogP contribution < -0.4 is 16.4 Å². The third-order valence-electron chi connectivity index (χ3n) is 9.03. The van der Waals surface area contributed by atoms with E-state index < -0.39 is 0 Å². The summed E-state index contributed by atoms with van der Waals surface area (Å²) in [6.07, 6.45) is 14.9. The van der Waals surface area contributed by atoms with Crippen molar-refractivity contribution in [1.82, 2.24) is 10.6 Å². The molecule has 2 aromatic rings. The van der Waals surface area contributed by atoms with Crippen molar-refractivity contribution in [3.8, 4) is 0 Å². The highest BCUT2D eigenvalue weighted by Gasteiger charge is 2.39. The largest absolute Gasteiger partial charge is 0.314 e. The van der Waals surface area contributed by atoms with Crippen LogP contribution in [0.1, 0.15) is 113 Å². The molecule has 4 N–H and O–H groups in total. The minimum Gasteiger partial charge on any atom is -0.314 e. The monoisotopic (exact) mass is 685 g/mol. The van der Waals surface area contributed by atoms with E-state index in [-0.39, 0.29) is 9.45 Å². The smallest absolute Gasteiger partial charge is 0.122 e. The van der Waals surface area contributed by atoms with E-state index >= 15 is 0 Å². The molecule has 3 unspecified atom stereocenters. The van der Waals surface area contributed by atoms with Gasteiger partial charge in [0.1, 0.15) is 4.20 Å². The van der Waals surface area contributed by atoms with Gasteiger partial charge in [-0.05, 0) is 74.1 Å². The van der Waals surface area contributed by atoms with Gasteiger partial charge >= 0.3 is 0 Å². The van der Waals surface area contributed by atoms with Crippen LogP contribution in [-0.4, -0.2) is 40.2 Å². The van der Waals surface area contributed by atoms with Gasteiger partial charge in [0.05, 0.1) is 5.37 Å². The average Bonchev–Trinajstić information content (AvgIpc) is 3.23. The van der Waals surface area contributed by atoms with E-state index in [0.29, 0.717) is 16.5 Å². The van der Waals surface area contributed by atoms with Crippen LogP contribution in [-0.2, 0) is 0 Å². The lowest BCUT2D eigenvalue weighted by molar-refractivity contribution is 0.460. The van der Waals surface area contributed by atoms with Gasteiger partial charge in [-0.1, -0.05) is 113 Å². The first-order valence-corrected chi connectivity index (χ1v) is 21.0. The molecule has 3 fully saturated rings. The molecule has 2 aliphatic carbocycles. The summed E-state index contributed by atoms with van der Waals surface area (Å²) >= 11 is 10.8. The fraction of sp³-hybridized carbons (Fsp3) is 0.632. The Balaban J connectivity index is 0.000000354. The second-order valence-corrected chi connectivity index (χ2v) is 18.3. The van der Waals surface area contributed by atoms with Crippen LogP contribution in [0, 0.1) is 5.92 Å². The molecule has 250 valence electrons. The lowest BCUT2D eigenvalue weighted by Crippen LogP contribution is -2.45. The van der Waals surface area contributed by atoms with Gasteiger partial charge < -0.3 is 11.1 Å². The predicted molar refractivity (Wildman–Crippen MR) is 209 cm³/mol. The minimum absolute atomic E-state index is 0.228. The second-order valence-electron chi connectivity index (χ2n) is 13.4. The Morgan fingerprint density at radius 1 is 0.978 bits per heavy atom. The molecule has 0 amide bonds. The number of benzene rings is 2. The Labute approximate surface area is 293 Å². The van der Waals surface area contributed by atoms with Gasteiger partial charge in [0.25, 0.3) is 0 Å². The van der Waals surface area contributed by atoms with Crippen molar-refractivity contribution in [2.75, 3.05) is 24.6 Å². The fourth-order valence-electron chi connectivity index (χ4n) is 6.31. The number of thioether (sulfide) groups is 3. The molecule has 3 nitrogen and oxygen atoms in total. The van der Waals surface area contributed by atoms with E-state index in [1.54, 1.807) is 11.1 Å². The molecule has 1 saturated heterocycles. The van der Waals surface area contributed by atoms with E-state index in [0.717, 1.165) is 30.5 Å². The summed E-state index contributed by atoms with van der Waals surface area (Å²) in [5.74, 6) is 2.69. The summed E-state index contributed by atoms with van der Waals surface area (Å²) in [4.78, 5) is 0. The second kappa shape index (κ2) is 20.1. The lowest BCUT2D eigenvalue weighted by atomic mass is 9.84. The van der Waals surface area contributed by atoms with E-state index in [4.69, 9.17) is 18.4 Å². The Morgan fingerprint density at radius 3 is 2.24 bits per heavy atom. The summed E-state index contributed by atoms with van der Waals surface area (Å²) in [5.41, 5.74) is 12.9. The van der Waals surface area contributed by atoms with E-state index in [1.807, 2.05) is 35.3 Å². The maximum Gasteiger partial charge on any atom is 0.122 e. The SMILES string of the molecule is CC(C)CC(=C1CCC1)C(NC[C@@]1(N)SCC(c2ccccc2)S1)SCC(S)c1ccccc1.CCCNC1CCCCCC1. The molecule has 1 heterocycles. The third kappa shape index (κ3) is 12.8. The van der Waals surface area contributed by atoms with E-state index in [1.165, 1.54) is 81.9 Å². The third-order valence-corrected chi connectivity index (χ3v) is 14.3. The van der Waals surface area contributed by atoms with E-state index in [9.17, 15) is 0 Å². The topological polar surface area (TPSA) is 50.1 Å². The Kier molecular flexibility index (Phi) is 16.6. The van der Waals surface area contributed by atoms with Crippen LogP contribution in [0.3, 0.4) is 0 Å². The Hall–Kier alpha value is -0.540. The summed E-state index contributed by atoms with van der Waals surface area (Å²) < 4.78 is -0.299. The zero-order valence-corrected chi connectivity index (χ0v) is 31.4. The van der Waals surface area contributed by atoms with Crippen LogP contribution in [0.15, 0.2) is 71.8 Å². The van der Waals surface area contributed by atoms with Gasteiger partial charge in [0.15, 0.2) is 0 Å². The molecule has 0 radical (unpaired) electrons. The van der Waals surface area contributed by atoms with Crippen molar-refractivity contribution < 1.29 is 0 Å². The van der Waals surface area contributed by atoms with Gasteiger partial charge in [-0.3, -0.25) is 5.32 Å². The quantitative estimate of drug-likeness (QED) is 0.0687. The van der Waals surface area contributed by atoms with Gasteiger partial charge in [-0.25, -0.2) is 0 Å². The molecule has 7 heteroatoms. The molecular formula is C38H59N3S4. The first kappa shape index (κ1) is 37.3. The molecule has 1 aliphatic heterocycles. The van der Waals surface area contributed by atoms with Crippen molar-refractivity contribution in [3.63, 3.8) is 0 Å². The van der Waals surface area contributed by atoms with Crippen LogP contribution in [0.2, 0.25) is 0 Å². The average molecular weight is 686 g/mol. The van der Waals surface area contributed by atoms with Crippen LogP contribution in [0.25, 0.3) is 0 Å². The zero-order valence-electron chi connectivity index (χ0n) is 28.0. The molecule has 0 spiro atoms. The predicted octanol–water partition coefficient (Wildman–Crippen LogP) is 10.4. The number of hydrogen-bond donors (Lipinski definition) is 4. The lowest BCUT2D eigenvalue weighted by Gasteiger charge is -2.33. The number of nitrogens with two attached hydrogens (primary N) is 1. The molecule has 45 heavy (non-hydrogen) atoms. The van der Waals surface area contributed by atoms with Crippen molar-refractivity contribution in [3.05, 3.63) is 82.9 Å². The van der Waals surface area contributed by atoms with Crippen molar-refractivity contribution in [2.24, 2.45) is 11.7 Å². The zero-order chi connectivity index (χ0) is 31.9. The number of rotatable bonds is 14. The first-order valence-electron chi connectivity index (χ1n) is 17.5. The van der Waals surface area contributed by atoms with Crippen molar-refractivity contribution in [1.29, 1.82) is 0 Å². The van der Waals surface area contributed by atoms with E-state index in [2.05, 4.69) is 92.1 Å². The van der Waals surface area contributed by atoms with Crippen LogP contribution in [0.5, 0.6) is 0 Å². The van der Waals surface area contributed by atoms with Gasteiger partial charge in [-0.15, -0.1) is 35.3 Å². The standard InChI is InChI=1S/C28H38N2S4.C10H21N/c1-20(2)16-24(21-14-9-15-21)27(32-17-25(31)22-10-5-3-6-11-22)30-19-28(29)33-18-26(34-28)23-12-7-4-8-13-23;1-2-9-11-10-7-5-3-4-6-8-10/h3-8,10-13,20,25-27,30-31H,9,14-19,29H2,1-2H3;10-11H,2-9H2,1H3/t25?,26?,27?,28-;/m1./s1. The highest BCUT2D eigenvalue weighted by Crippen LogP contribution is 2.51. The summed E-state index contributed by atoms with van der Waals surface area (Å²) in [6.45, 7) is 8.93. The highest BCUT2D eigenvalue weighted by atomic mass is 32.2. The van der Waals surface area contributed by atoms with Gasteiger partial charge in [0, 0.05) is 34.6 Å². The van der Waals surface area contributed by atoms with Crippen molar-refractivity contribution in [2.45, 2.75) is 118 Å². The number of nitrogens with one attached hydrogen (secondary N) is 2. The molecule has 4 atom stereocenters. The molecule has 2 saturated carbocycles. The molecule has 2 aromatic carbocycles. The summed E-state index contributed by atoms with van der Waals surface area (Å²) in [6, 6.07) is 22.3. The Morgan fingerprint density at radius 2 is 1.64 bits per heavy atom. The molecule has 0 bridgehead atoms. The summed E-state index contributed by atoms with van der Waals surface area (Å²) in [7, 11) is 0. The number of thiol groups is 1. The highest BCUT2D eigenvalue weighted by molar-refractivity contribution is 8.21. The molecule has 5 rings (SSSR count). The number of hydrogen-bond acceptors (Lipinski definition) is 7. The maximum atomic E-state index is 6.93. The van der Waals surface area contributed by atoms with Crippen LogP contribution >= 0.6 is 47.9 Å². The van der Waals surface area contributed by atoms with Gasteiger partial charge in [-0.2, -0.15) is 12.6 Å². The van der Waals surface area contributed by atoms with Crippen molar-refractivity contribution >= 4 is 47.9 Å². The molecular weight excluding hydrogens is 627 g/mol. The maximum absolute atomic E-state index is 6.93. The Bertz CT molecular complexity index is 1110. The molecule has 0 aromatic heterocycles. The van der Waals surface area contributed by atoms with Gasteiger partial charge in [0.2, 0.25) is 0 Å².